The molecule has 0 N–H and O–H groups in total. The van der Waals surface area contributed by atoms with Crippen molar-refractivity contribution >= 4 is 0 Å². The maximum atomic E-state index is 7.14. The zero-order chi connectivity index (χ0) is 70.7. The first kappa shape index (κ1) is 76.8. The highest BCUT2D eigenvalue weighted by Crippen LogP contribution is 2.59. The molecule has 4 aromatic carbocycles. The van der Waals surface area contributed by atoms with Crippen LogP contribution < -0.4 is 18.9 Å². The van der Waals surface area contributed by atoms with Crippen molar-refractivity contribution in [2.75, 3.05) is 133 Å². The summed E-state index contributed by atoms with van der Waals surface area (Å²) in [5, 5.41) is 0. The summed E-state index contributed by atoms with van der Waals surface area (Å²) in [6, 6.07) is 18.9. The third-order valence-corrected chi connectivity index (χ3v) is 22.6. The lowest BCUT2D eigenvalue weighted by molar-refractivity contribution is -0.169. The second-order valence-corrected chi connectivity index (χ2v) is 35.0. The van der Waals surface area contributed by atoms with Crippen LogP contribution >= 0.6 is 0 Å². The molecule has 0 unspecified atom stereocenters. The fourth-order valence-corrected chi connectivity index (χ4v) is 18.3. The van der Waals surface area contributed by atoms with Gasteiger partial charge in [0.05, 0.1) is 104 Å². The lowest BCUT2D eigenvalue weighted by atomic mass is 9.54. The maximum absolute atomic E-state index is 7.14. The minimum absolute atomic E-state index is 0.0307. The number of hydrogen-bond donors (Lipinski definition) is 0. The van der Waals surface area contributed by atoms with Crippen molar-refractivity contribution in [1.82, 2.24) is 0 Å². The van der Waals surface area contributed by atoms with Gasteiger partial charge in [-0.1, -0.05) is 132 Å². The van der Waals surface area contributed by atoms with Crippen LogP contribution in [0.3, 0.4) is 0 Å². The highest BCUT2D eigenvalue weighted by atomic mass is 16.7. The Hall–Kier alpha value is -4.32. The van der Waals surface area contributed by atoms with E-state index in [-0.39, 0.29) is 46.4 Å². The molecular weight excluding hydrogens is 1260 g/mol. The highest BCUT2D eigenvalue weighted by Gasteiger charge is 2.53. The molecule has 14 heteroatoms. The van der Waals surface area contributed by atoms with Gasteiger partial charge in [0.25, 0.3) is 0 Å². The third kappa shape index (κ3) is 20.6. The minimum Gasteiger partial charge on any atom is -0.491 e. The number of benzene rings is 4. The Balaban J connectivity index is 0.868. The predicted octanol–water partition coefficient (Wildman–Crippen LogP) is 17.1. The Morgan fingerprint density at radius 3 is 0.710 bits per heavy atom. The first-order valence-corrected chi connectivity index (χ1v) is 38.9. The van der Waals surface area contributed by atoms with Crippen molar-refractivity contribution in [2.45, 2.75) is 233 Å². The van der Waals surface area contributed by atoms with E-state index >= 15 is 0 Å². The molecule has 0 heterocycles. The minimum atomic E-state index is -0.218. The summed E-state index contributed by atoms with van der Waals surface area (Å²) >= 11 is 0. The largest absolute Gasteiger partial charge is 0.491 e. The lowest BCUT2D eigenvalue weighted by Crippen LogP contribution is -2.52. The van der Waals surface area contributed by atoms with E-state index in [1.807, 2.05) is 13.8 Å². The first-order valence-electron chi connectivity index (χ1n) is 38.9. The smallest absolute Gasteiger partial charge is 0.189 e. The van der Waals surface area contributed by atoms with Crippen LogP contribution in [0.5, 0.6) is 23.0 Å². The first-order chi connectivity index (χ1) is 47.8. The second-order valence-electron chi connectivity index (χ2n) is 35.0. The van der Waals surface area contributed by atoms with Gasteiger partial charge in [0, 0.05) is 38.9 Å². The van der Waals surface area contributed by atoms with Crippen molar-refractivity contribution in [1.29, 1.82) is 0 Å². The van der Waals surface area contributed by atoms with Gasteiger partial charge in [-0.2, -0.15) is 0 Å². The van der Waals surface area contributed by atoms with E-state index in [2.05, 4.69) is 132 Å². The lowest BCUT2D eigenvalue weighted by Gasteiger charge is -2.56. The van der Waals surface area contributed by atoms with Gasteiger partial charge in [0.2, 0.25) is 0 Å². The zero-order valence-electron chi connectivity index (χ0n) is 64.3. The van der Waals surface area contributed by atoms with Crippen LogP contribution in [0.2, 0.25) is 0 Å². The van der Waals surface area contributed by atoms with Crippen molar-refractivity contribution < 1.29 is 66.3 Å². The SMILES string of the molecule is CCOCCOc1c2cc(C(C)(C)C)cc1Cc1cc(C(C)(C)C)cc(c1OCOCCOCCOCCOC13CC4CC(CC(C4)C1)C3)Cc1cc(C(C)(C)C)cc(c1OCCOCC)Cc1cc(C(C)(C)C)cc(c1OCOCCOCCOCCOC13CC4CC(CC(C4)C1)C3)C2. The summed E-state index contributed by atoms with van der Waals surface area (Å²) in [6.07, 6.45) is 18.0. The highest BCUT2D eigenvalue weighted by molar-refractivity contribution is 5.60. The van der Waals surface area contributed by atoms with Crippen LogP contribution in [0.4, 0.5) is 0 Å². The van der Waals surface area contributed by atoms with Gasteiger partial charge in [-0.05, 0) is 215 Å². The quantitative estimate of drug-likeness (QED) is 0.0279. The molecule has 0 atom stereocenters. The molecule has 8 saturated carbocycles. The molecule has 0 amide bonds. The van der Waals surface area contributed by atoms with Crippen LogP contribution in [0.15, 0.2) is 48.5 Å². The van der Waals surface area contributed by atoms with Crippen LogP contribution in [-0.2, 0) is 94.7 Å². The van der Waals surface area contributed by atoms with Crippen LogP contribution in [0.25, 0.3) is 0 Å². The summed E-state index contributed by atoms with van der Waals surface area (Å²) in [5.74, 6) is 8.45. The molecule has 8 fully saturated rings. The molecular formula is C86H128O14. The Kier molecular flexibility index (Phi) is 26.3. The van der Waals surface area contributed by atoms with Crippen molar-refractivity contribution in [3.8, 4) is 23.0 Å². The maximum Gasteiger partial charge on any atom is 0.189 e. The molecule has 16 bridgehead atoms. The third-order valence-electron chi connectivity index (χ3n) is 22.6. The van der Waals surface area contributed by atoms with E-state index < -0.39 is 0 Å². The molecule has 9 aliphatic rings. The zero-order valence-corrected chi connectivity index (χ0v) is 64.3. The molecule has 0 aromatic heterocycles. The second kappa shape index (κ2) is 34.3. The molecule has 13 rings (SSSR count). The summed E-state index contributed by atoms with van der Waals surface area (Å²) in [7, 11) is 0. The van der Waals surface area contributed by atoms with E-state index in [0.717, 1.165) is 103 Å². The van der Waals surface area contributed by atoms with E-state index in [1.54, 1.807) is 0 Å². The fraction of sp³-hybridized carbons (Fsp3) is 0.721. The van der Waals surface area contributed by atoms with Gasteiger partial charge in [0.1, 0.15) is 36.2 Å². The Morgan fingerprint density at radius 2 is 0.480 bits per heavy atom. The van der Waals surface area contributed by atoms with Gasteiger partial charge in [-0.15, -0.1) is 0 Å². The van der Waals surface area contributed by atoms with Gasteiger partial charge in [-0.3, -0.25) is 0 Å². The van der Waals surface area contributed by atoms with E-state index in [1.165, 1.54) is 99.3 Å². The number of ether oxygens (including phenoxy) is 14. The van der Waals surface area contributed by atoms with Crippen LogP contribution in [0.1, 0.15) is 241 Å². The Morgan fingerprint density at radius 1 is 0.270 bits per heavy atom. The molecule has 0 spiro atoms. The monoisotopic (exact) mass is 1380 g/mol. The average Bonchev–Trinajstić information content (AvgIpc) is 0.764. The number of rotatable bonds is 36. The standard InChI is InChI=1S/C86H128O14/c1-15-87-25-29-95-77-65-39-69-47-75(83(9,10)11)49-71(79(69)97-57-93-23-21-89-17-19-91-27-31-99-85-51-59-33-60(52-85)35-61(34-59)53-85)41-67-45-74(82(6,7)8)46-68(78(67)96-30-26-88-16-2)42-72-50-76(84(12,13)14)48-70(40-66(77)44-73(43-65)81(3,4)5)80(72)98-58-94-24-22-90-18-20-92-28-32-100-86-54-62-36-63(55-86)38-64(37-62)56-86/h43-50,59-64H,15-42,51-58H2,1-14H3. The van der Waals surface area contributed by atoms with E-state index in [4.69, 9.17) is 66.3 Å². The molecule has 0 saturated heterocycles. The Bertz CT molecular complexity index is 2880. The topological polar surface area (TPSA) is 129 Å². The van der Waals surface area contributed by atoms with Gasteiger partial charge in [0.15, 0.2) is 13.6 Å². The van der Waals surface area contributed by atoms with Gasteiger partial charge in [-0.25, -0.2) is 0 Å². The van der Waals surface area contributed by atoms with Crippen LogP contribution in [0, 0.1) is 35.5 Å². The van der Waals surface area contributed by atoms with E-state index in [0.29, 0.717) is 145 Å². The molecule has 0 radical (unpaired) electrons. The summed E-state index contributed by atoms with van der Waals surface area (Å²) in [6.45, 7) is 40.5. The molecule has 100 heavy (non-hydrogen) atoms. The summed E-state index contributed by atoms with van der Waals surface area (Å²) in [5.41, 5.74) is 12.6. The molecule has 14 nitrogen and oxygen atoms in total. The van der Waals surface area contributed by atoms with Crippen molar-refractivity contribution in [3.63, 3.8) is 0 Å². The van der Waals surface area contributed by atoms with Crippen molar-refractivity contribution in [3.05, 3.63) is 115 Å². The number of hydrogen-bond acceptors (Lipinski definition) is 14. The number of fused-ring (bicyclic) bond motifs is 8. The molecule has 4 aromatic rings. The van der Waals surface area contributed by atoms with Crippen molar-refractivity contribution in [2.24, 2.45) is 35.5 Å². The average molecular weight is 1390 g/mol. The normalized spacial score (nSPS) is 23.9. The predicted molar refractivity (Wildman–Crippen MR) is 396 cm³/mol. The molecule has 0 aliphatic heterocycles. The summed E-state index contributed by atoms with van der Waals surface area (Å²) in [4.78, 5) is 0. The van der Waals surface area contributed by atoms with Gasteiger partial charge >= 0.3 is 0 Å². The Labute approximate surface area is 602 Å². The van der Waals surface area contributed by atoms with Crippen LogP contribution in [-0.4, -0.2) is 144 Å². The fourth-order valence-electron chi connectivity index (χ4n) is 18.3. The summed E-state index contributed by atoms with van der Waals surface area (Å²) < 4.78 is 90.8. The van der Waals surface area contributed by atoms with Gasteiger partial charge < -0.3 is 66.3 Å². The molecule has 556 valence electrons. The van der Waals surface area contributed by atoms with E-state index in [9.17, 15) is 0 Å². The molecule has 9 aliphatic carbocycles.